The molecule has 0 aromatic carbocycles. The second-order valence-electron chi connectivity index (χ2n) is 9.38. The molecule has 5 rings (SSSR count). The number of pyridine rings is 1. The van der Waals surface area contributed by atoms with Gasteiger partial charge in [0.1, 0.15) is 17.4 Å². The molecule has 0 spiro atoms. The predicted molar refractivity (Wildman–Crippen MR) is 129 cm³/mol. The summed E-state index contributed by atoms with van der Waals surface area (Å²) < 4.78 is 45.5. The number of likely N-dealkylation sites (N-methyl/N-ethyl adjacent to an activating group) is 1. The third-order valence-corrected chi connectivity index (χ3v) is 6.86. The van der Waals surface area contributed by atoms with E-state index in [4.69, 9.17) is 4.74 Å². The fourth-order valence-electron chi connectivity index (χ4n) is 4.66. The van der Waals surface area contributed by atoms with Crippen molar-refractivity contribution in [1.29, 1.82) is 0 Å². The van der Waals surface area contributed by atoms with Gasteiger partial charge in [-0.25, -0.2) is 4.98 Å². The normalized spacial score (nSPS) is 21.9. The number of halogens is 3. The highest BCUT2D eigenvalue weighted by Gasteiger charge is 2.42. The monoisotopic (exact) mass is 516 g/mol. The fraction of sp³-hybridized carbons (Fsp3) is 0.458. The lowest BCUT2D eigenvalue weighted by Gasteiger charge is -2.37. The van der Waals surface area contributed by atoms with Gasteiger partial charge in [-0.3, -0.25) is 14.5 Å². The molecule has 3 aromatic heterocycles. The number of hydrogen-bond acceptors (Lipinski definition) is 8. The predicted octanol–water partition coefficient (Wildman–Crippen LogP) is 3.53. The number of anilines is 3. The topological polar surface area (TPSA) is 110 Å². The molecule has 4 atom stereocenters. The lowest BCUT2D eigenvalue weighted by Crippen LogP contribution is -2.53. The largest absolute Gasteiger partial charge is 0.433 e. The number of hydrogen-bond donors (Lipinski definition) is 2. The Morgan fingerprint density at radius 1 is 1.27 bits per heavy atom. The molecule has 4 heterocycles. The molecule has 1 aliphatic heterocycles. The molecule has 37 heavy (non-hydrogen) atoms. The number of alkyl halides is 3. The Kier molecular flexibility index (Phi) is 6.26. The zero-order chi connectivity index (χ0) is 26.5. The van der Waals surface area contributed by atoms with E-state index >= 15 is 0 Å². The molecule has 2 aliphatic rings. The number of fused-ring (bicyclic) bond motifs is 1. The van der Waals surface area contributed by atoms with Crippen molar-refractivity contribution in [2.75, 3.05) is 29.7 Å². The number of carbonyl (C=O) groups excluding carboxylic acids is 1. The smallest absolute Gasteiger partial charge is 0.379 e. The number of aryl methyl sites for hydroxylation is 1. The van der Waals surface area contributed by atoms with Gasteiger partial charge in [0.2, 0.25) is 11.9 Å². The first-order valence-electron chi connectivity index (χ1n) is 11.8. The zero-order valence-electron chi connectivity index (χ0n) is 20.7. The van der Waals surface area contributed by atoms with Crippen LogP contribution in [0.2, 0.25) is 0 Å². The van der Waals surface area contributed by atoms with Gasteiger partial charge in [-0.2, -0.15) is 23.3 Å². The van der Waals surface area contributed by atoms with E-state index in [9.17, 15) is 18.0 Å². The molecule has 1 amide bonds. The third kappa shape index (κ3) is 4.82. The van der Waals surface area contributed by atoms with Crippen molar-refractivity contribution in [2.45, 2.75) is 57.1 Å². The highest BCUT2D eigenvalue weighted by molar-refractivity contribution is 6.03. The first-order chi connectivity index (χ1) is 17.6. The number of aromatic nitrogens is 5. The first kappa shape index (κ1) is 24.9. The van der Waals surface area contributed by atoms with Crippen molar-refractivity contribution in [3.63, 3.8) is 0 Å². The molecule has 0 bridgehead atoms. The van der Waals surface area contributed by atoms with E-state index < -0.39 is 17.9 Å². The zero-order valence-corrected chi connectivity index (χ0v) is 20.7. The van der Waals surface area contributed by atoms with E-state index in [1.165, 1.54) is 12.3 Å². The van der Waals surface area contributed by atoms with Crippen LogP contribution < -0.4 is 15.5 Å². The summed E-state index contributed by atoms with van der Waals surface area (Å²) in [7, 11) is 3.36. The third-order valence-electron chi connectivity index (χ3n) is 6.86. The summed E-state index contributed by atoms with van der Waals surface area (Å²) in [6, 6.07) is 2.06. The highest BCUT2D eigenvalue weighted by atomic mass is 19.4. The molecule has 10 nitrogen and oxygen atoms in total. The van der Waals surface area contributed by atoms with Crippen molar-refractivity contribution >= 4 is 23.4 Å². The molecule has 196 valence electrons. The summed E-state index contributed by atoms with van der Waals surface area (Å²) in [5.74, 6) is 0.922. The first-order valence-corrected chi connectivity index (χ1v) is 11.8. The molecule has 0 saturated heterocycles. The maximum absolute atomic E-state index is 12.8. The molecule has 3 aromatic rings. The van der Waals surface area contributed by atoms with Crippen LogP contribution >= 0.6 is 0 Å². The highest BCUT2D eigenvalue weighted by Crippen LogP contribution is 2.51. The van der Waals surface area contributed by atoms with Crippen LogP contribution in [0, 0.1) is 6.92 Å². The van der Waals surface area contributed by atoms with Crippen molar-refractivity contribution < 1.29 is 22.7 Å². The second-order valence-corrected chi connectivity index (χ2v) is 9.38. The van der Waals surface area contributed by atoms with Gasteiger partial charge < -0.3 is 20.3 Å². The van der Waals surface area contributed by atoms with Crippen LogP contribution in [0.3, 0.4) is 0 Å². The summed E-state index contributed by atoms with van der Waals surface area (Å²) >= 11 is 0. The standard InChI is InChI=1S/C24H27F3N8O2/c1-12-19-21(34(3)20(13(2)37-4)22(36)32-19)33-23(31-12)29-8-14-9-30-35(11-14)17-7-16(17)15-5-6-18(28-10-15)24(25,26)27/h5-6,9-11,13,16-17,20H,7-8H2,1-4H3,(H,32,36)(H,29,31,33)/t13-,16+,17-,20?/m1/s1. The van der Waals surface area contributed by atoms with Crippen LogP contribution in [-0.2, 0) is 22.3 Å². The Morgan fingerprint density at radius 2 is 2.05 bits per heavy atom. The van der Waals surface area contributed by atoms with Crippen molar-refractivity contribution in [3.8, 4) is 0 Å². The van der Waals surface area contributed by atoms with Crippen molar-refractivity contribution in [1.82, 2.24) is 24.7 Å². The molecular weight excluding hydrogens is 489 g/mol. The Morgan fingerprint density at radius 3 is 2.73 bits per heavy atom. The van der Waals surface area contributed by atoms with Gasteiger partial charge in [0.05, 0.1) is 24.0 Å². The Hall–Kier alpha value is -3.74. The average molecular weight is 517 g/mol. The van der Waals surface area contributed by atoms with Crippen LogP contribution in [0.25, 0.3) is 0 Å². The number of nitrogens with one attached hydrogen (secondary N) is 2. The number of carbonyl (C=O) groups is 1. The Bertz CT molecular complexity index is 1310. The van der Waals surface area contributed by atoms with Gasteiger partial charge in [0.25, 0.3) is 0 Å². The number of rotatable bonds is 7. The molecule has 0 radical (unpaired) electrons. The quantitative estimate of drug-likeness (QED) is 0.491. The van der Waals surface area contributed by atoms with Crippen LogP contribution in [0.15, 0.2) is 30.7 Å². The Balaban J connectivity index is 1.24. The Labute approximate surface area is 211 Å². The van der Waals surface area contributed by atoms with Crippen LogP contribution in [0.5, 0.6) is 0 Å². The van der Waals surface area contributed by atoms with Crippen LogP contribution in [-0.4, -0.2) is 56.9 Å². The van der Waals surface area contributed by atoms with Crippen molar-refractivity contribution in [2.24, 2.45) is 0 Å². The number of nitrogens with zero attached hydrogens (tertiary/aromatic N) is 6. The van der Waals surface area contributed by atoms with Crippen molar-refractivity contribution in [3.05, 3.63) is 53.2 Å². The van der Waals surface area contributed by atoms with E-state index in [2.05, 4.69) is 30.7 Å². The molecule has 13 heteroatoms. The van der Waals surface area contributed by atoms with Gasteiger partial charge in [-0.1, -0.05) is 6.07 Å². The lowest BCUT2D eigenvalue weighted by molar-refractivity contribution is -0.141. The summed E-state index contributed by atoms with van der Waals surface area (Å²) in [5.41, 5.74) is 1.99. The molecular formula is C24H27F3N8O2. The maximum atomic E-state index is 12.8. The number of methoxy groups -OCH3 is 1. The van der Waals surface area contributed by atoms with Gasteiger partial charge >= 0.3 is 6.18 Å². The molecule has 1 unspecified atom stereocenters. The van der Waals surface area contributed by atoms with Gasteiger partial charge in [0, 0.05) is 44.6 Å². The van der Waals surface area contributed by atoms with E-state index in [-0.39, 0.29) is 24.0 Å². The minimum Gasteiger partial charge on any atom is -0.379 e. The van der Waals surface area contributed by atoms with Gasteiger partial charge in [-0.15, -0.1) is 0 Å². The minimum absolute atomic E-state index is 0.0755. The van der Waals surface area contributed by atoms with Gasteiger partial charge in [-0.05, 0) is 31.9 Å². The summed E-state index contributed by atoms with van der Waals surface area (Å²) in [6.45, 7) is 4.06. The number of ether oxygens (including phenoxy) is 1. The molecule has 1 saturated carbocycles. The summed E-state index contributed by atoms with van der Waals surface area (Å²) in [6.07, 6.45) is 0.949. The molecule has 2 N–H and O–H groups in total. The maximum Gasteiger partial charge on any atom is 0.433 e. The van der Waals surface area contributed by atoms with E-state index in [1.54, 1.807) is 32.2 Å². The number of amides is 1. The fourth-order valence-corrected chi connectivity index (χ4v) is 4.66. The summed E-state index contributed by atoms with van der Waals surface area (Å²) in [5, 5.41) is 10.5. The van der Waals surface area contributed by atoms with E-state index in [1.807, 2.05) is 17.8 Å². The summed E-state index contributed by atoms with van der Waals surface area (Å²) in [4.78, 5) is 27.0. The molecule has 1 aliphatic carbocycles. The SMILES string of the molecule is CO[C@H](C)C1C(=O)Nc2c(C)nc(NCc3cnn([C@@H]4C[C@H]4c4ccc(C(F)(F)F)nc4)c3)nc2N1C. The minimum atomic E-state index is -4.45. The van der Waals surface area contributed by atoms with Gasteiger partial charge in [0.15, 0.2) is 5.82 Å². The average Bonchev–Trinajstić information content (AvgIpc) is 3.52. The molecule has 1 fully saturated rings. The van der Waals surface area contributed by atoms with E-state index in [0.29, 0.717) is 29.7 Å². The second kappa shape index (κ2) is 9.29. The lowest BCUT2D eigenvalue weighted by atomic mass is 10.1. The van der Waals surface area contributed by atoms with Crippen LogP contribution in [0.1, 0.15) is 47.8 Å². The van der Waals surface area contributed by atoms with Crippen LogP contribution in [0.4, 0.5) is 30.6 Å². The van der Waals surface area contributed by atoms with E-state index in [0.717, 1.165) is 23.6 Å².